The summed E-state index contributed by atoms with van der Waals surface area (Å²) < 4.78 is 12.5. The van der Waals surface area contributed by atoms with Gasteiger partial charge in [0.25, 0.3) is 11.5 Å². The van der Waals surface area contributed by atoms with Crippen LogP contribution in [0.2, 0.25) is 0 Å². The molecule has 0 atom stereocenters. The molecule has 3 rings (SSSR count). The lowest BCUT2D eigenvalue weighted by Crippen LogP contribution is -2.31. The normalized spacial score (nSPS) is 11.1. The van der Waals surface area contributed by atoms with Crippen LogP contribution in [-0.4, -0.2) is 60.8 Å². The first-order chi connectivity index (χ1) is 16.4. The lowest BCUT2D eigenvalue weighted by atomic mass is 10.1. The number of methoxy groups -OCH3 is 2. The number of aromatic amines is 1. The number of hydrogen-bond donors (Lipinski definition) is 2. The summed E-state index contributed by atoms with van der Waals surface area (Å²) in [5, 5.41) is 3.43. The molecule has 0 unspecified atom stereocenters. The van der Waals surface area contributed by atoms with Crippen LogP contribution in [0.4, 0.5) is 0 Å². The maximum Gasteiger partial charge on any atom is 0.262 e. The second kappa shape index (κ2) is 11.8. The molecule has 0 radical (unpaired) electrons. The lowest BCUT2D eigenvalue weighted by molar-refractivity contribution is 0.0954. The zero-order valence-corrected chi connectivity index (χ0v) is 21.0. The zero-order chi connectivity index (χ0) is 24.7. The van der Waals surface area contributed by atoms with Gasteiger partial charge in [0.15, 0.2) is 16.3 Å². The molecule has 34 heavy (non-hydrogen) atoms. The highest BCUT2D eigenvalue weighted by Crippen LogP contribution is 2.27. The van der Waals surface area contributed by atoms with Crippen molar-refractivity contribution in [1.29, 1.82) is 0 Å². The predicted molar refractivity (Wildman–Crippen MR) is 137 cm³/mol. The molecule has 1 amide bonds. The van der Waals surface area contributed by atoms with Crippen LogP contribution in [0.5, 0.6) is 11.5 Å². The van der Waals surface area contributed by atoms with Gasteiger partial charge in [-0.25, -0.2) is 0 Å². The van der Waals surface area contributed by atoms with Gasteiger partial charge in [-0.15, -0.1) is 0 Å². The van der Waals surface area contributed by atoms with E-state index in [1.165, 1.54) is 0 Å². The Morgan fingerprint density at radius 2 is 1.82 bits per heavy atom. The van der Waals surface area contributed by atoms with Gasteiger partial charge in [0.2, 0.25) is 0 Å². The minimum Gasteiger partial charge on any atom is -0.493 e. The van der Waals surface area contributed by atoms with Crippen molar-refractivity contribution < 1.29 is 14.3 Å². The molecule has 2 aromatic carbocycles. The monoisotopic (exact) mass is 484 g/mol. The van der Waals surface area contributed by atoms with Crippen LogP contribution in [0.1, 0.15) is 29.8 Å². The Hall–Kier alpha value is -3.17. The smallest absolute Gasteiger partial charge is 0.262 e. The molecular formula is C25H32N4O4S. The number of H-pyrrole nitrogens is 1. The van der Waals surface area contributed by atoms with E-state index in [0.717, 1.165) is 25.2 Å². The highest BCUT2D eigenvalue weighted by atomic mass is 32.1. The van der Waals surface area contributed by atoms with Crippen molar-refractivity contribution in [2.75, 3.05) is 40.4 Å². The Bertz CT molecular complexity index is 1260. The van der Waals surface area contributed by atoms with Crippen molar-refractivity contribution in [3.05, 3.63) is 62.6 Å². The third-order valence-corrected chi connectivity index (χ3v) is 6.25. The second-order valence-electron chi connectivity index (χ2n) is 7.87. The first-order valence-electron chi connectivity index (χ1n) is 11.4. The van der Waals surface area contributed by atoms with Crippen molar-refractivity contribution in [3.8, 4) is 11.5 Å². The number of carbonyl (C=O) groups excluding carboxylic acids is 1. The van der Waals surface area contributed by atoms with E-state index in [9.17, 15) is 9.59 Å². The zero-order valence-electron chi connectivity index (χ0n) is 20.1. The van der Waals surface area contributed by atoms with Gasteiger partial charge in [0.1, 0.15) is 0 Å². The molecule has 3 aromatic rings. The standard InChI is InChI=1S/C25H32N4O4S/c1-5-28(6-2)13-14-29-24(31)19-9-8-18(16-20(19)27-25(29)34)23(30)26-12-11-17-7-10-21(32-3)22(15-17)33-4/h7-10,15-16H,5-6,11-14H2,1-4H3,(H,26,30)(H,27,34). The highest BCUT2D eigenvalue weighted by Gasteiger charge is 2.12. The maximum absolute atomic E-state index is 13.0. The van der Waals surface area contributed by atoms with Crippen LogP contribution >= 0.6 is 12.2 Å². The Kier molecular flexibility index (Phi) is 8.84. The Balaban J connectivity index is 1.70. The van der Waals surface area contributed by atoms with Gasteiger partial charge in [-0.1, -0.05) is 19.9 Å². The number of amides is 1. The predicted octanol–water partition coefficient (Wildman–Crippen LogP) is 3.39. The van der Waals surface area contributed by atoms with Crippen LogP contribution in [0.3, 0.4) is 0 Å². The van der Waals surface area contributed by atoms with Crippen LogP contribution in [0.25, 0.3) is 10.9 Å². The quantitative estimate of drug-likeness (QED) is 0.406. The summed E-state index contributed by atoms with van der Waals surface area (Å²) in [4.78, 5) is 31.0. The molecular weight excluding hydrogens is 452 g/mol. The van der Waals surface area contributed by atoms with Crippen LogP contribution in [-0.2, 0) is 13.0 Å². The molecule has 0 aliphatic carbocycles. The molecule has 0 saturated heterocycles. The fraction of sp³-hybridized carbons (Fsp3) is 0.400. The SMILES string of the molecule is CCN(CC)CCn1c(=S)[nH]c2cc(C(=O)NCCc3ccc(OC)c(OC)c3)ccc2c1=O. The average molecular weight is 485 g/mol. The van der Waals surface area contributed by atoms with E-state index < -0.39 is 0 Å². The van der Waals surface area contributed by atoms with Gasteiger partial charge >= 0.3 is 0 Å². The number of hydrogen-bond acceptors (Lipinski definition) is 6. The summed E-state index contributed by atoms with van der Waals surface area (Å²) in [5.74, 6) is 1.10. The van der Waals surface area contributed by atoms with Crippen molar-refractivity contribution >= 4 is 29.0 Å². The molecule has 0 spiro atoms. The minimum absolute atomic E-state index is 0.147. The van der Waals surface area contributed by atoms with Crippen molar-refractivity contribution in [1.82, 2.24) is 19.8 Å². The first kappa shape index (κ1) is 25.5. The first-order valence-corrected chi connectivity index (χ1v) is 11.8. The van der Waals surface area contributed by atoms with E-state index >= 15 is 0 Å². The third-order valence-electron chi connectivity index (χ3n) is 5.93. The number of aromatic nitrogens is 2. The van der Waals surface area contributed by atoms with Gasteiger partial charge in [-0.05, 0) is 67.6 Å². The highest BCUT2D eigenvalue weighted by molar-refractivity contribution is 7.71. The molecule has 8 nitrogen and oxygen atoms in total. The second-order valence-corrected chi connectivity index (χ2v) is 8.26. The van der Waals surface area contributed by atoms with E-state index in [2.05, 4.69) is 29.0 Å². The molecule has 1 aromatic heterocycles. The number of ether oxygens (including phenoxy) is 2. The van der Waals surface area contributed by atoms with Gasteiger partial charge < -0.3 is 24.7 Å². The van der Waals surface area contributed by atoms with Crippen LogP contribution in [0.15, 0.2) is 41.2 Å². The largest absolute Gasteiger partial charge is 0.493 e. The molecule has 182 valence electrons. The Morgan fingerprint density at radius 1 is 1.09 bits per heavy atom. The molecule has 0 aliphatic heterocycles. The number of nitrogens with zero attached hydrogens (tertiary/aromatic N) is 2. The molecule has 2 N–H and O–H groups in total. The number of nitrogens with one attached hydrogen (secondary N) is 2. The summed E-state index contributed by atoms with van der Waals surface area (Å²) in [6.07, 6.45) is 0.638. The Morgan fingerprint density at radius 3 is 2.50 bits per heavy atom. The lowest BCUT2D eigenvalue weighted by Gasteiger charge is -2.18. The summed E-state index contributed by atoms with van der Waals surface area (Å²) in [7, 11) is 3.18. The average Bonchev–Trinajstić information content (AvgIpc) is 2.85. The van der Waals surface area contributed by atoms with Crippen molar-refractivity contribution in [2.24, 2.45) is 0 Å². The van der Waals surface area contributed by atoms with Gasteiger partial charge in [0.05, 0.1) is 25.1 Å². The van der Waals surface area contributed by atoms with E-state index in [4.69, 9.17) is 21.7 Å². The third kappa shape index (κ3) is 5.84. The number of benzene rings is 2. The molecule has 0 aliphatic rings. The number of likely N-dealkylation sites (N-methyl/N-ethyl adjacent to an activating group) is 1. The molecule has 0 bridgehead atoms. The fourth-order valence-electron chi connectivity index (χ4n) is 3.84. The minimum atomic E-state index is -0.215. The van der Waals surface area contributed by atoms with E-state index in [0.29, 0.717) is 52.2 Å². The van der Waals surface area contributed by atoms with Crippen LogP contribution < -0.4 is 20.3 Å². The van der Waals surface area contributed by atoms with Crippen LogP contribution in [0, 0.1) is 4.77 Å². The van der Waals surface area contributed by atoms with Gasteiger partial charge in [0, 0.05) is 25.2 Å². The fourth-order valence-corrected chi connectivity index (χ4v) is 4.12. The topological polar surface area (TPSA) is 88.6 Å². The summed E-state index contributed by atoms with van der Waals surface area (Å²) in [6, 6.07) is 10.7. The number of fused-ring (bicyclic) bond motifs is 1. The summed E-state index contributed by atoms with van der Waals surface area (Å²) in [6.45, 7) is 7.73. The number of carbonyl (C=O) groups is 1. The maximum atomic E-state index is 13.0. The van der Waals surface area contributed by atoms with Gasteiger partial charge in [-0.3, -0.25) is 14.2 Å². The number of rotatable bonds is 11. The van der Waals surface area contributed by atoms with E-state index in [-0.39, 0.29) is 11.5 Å². The van der Waals surface area contributed by atoms with Crippen molar-refractivity contribution in [2.45, 2.75) is 26.8 Å². The summed E-state index contributed by atoms with van der Waals surface area (Å²) in [5.41, 5.74) is 1.89. The Labute approximate surface area is 204 Å². The molecule has 0 saturated carbocycles. The molecule has 1 heterocycles. The van der Waals surface area contributed by atoms with E-state index in [1.54, 1.807) is 37.0 Å². The molecule has 0 fully saturated rings. The summed E-state index contributed by atoms with van der Waals surface area (Å²) >= 11 is 5.43. The van der Waals surface area contributed by atoms with E-state index in [1.807, 2.05) is 18.2 Å². The molecule has 9 heteroatoms. The van der Waals surface area contributed by atoms with Crippen molar-refractivity contribution in [3.63, 3.8) is 0 Å². The van der Waals surface area contributed by atoms with Gasteiger partial charge in [-0.2, -0.15) is 0 Å².